The third-order valence-corrected chi connectivity index (χ3v) is 1.76. The van der Waals surface area contributed by atoms with Crippen LogP contribution in [0.15, 0.2) is 23.5 Å². The summed E-state index contributed by atoms with van der Waals surface area (Å²) in [4.78, 5) is 17.2. The van der Waals surface area contributed by atoms with Gasteiger partial charge in [0.1, 0.15) is 5.82 Å². The van der Waals surface area contributed by atoms with Gasteiger partial charge in [-0.3, -0.25) is 4.98 Å². The van der Waals surface area contributed by atoms with E-state index in [9.17, 15) is 9.18 Å². The number of halogens is 1. The van der Waals surface area contributed by atoms with Crippen molar-refractivity contribution in [1.82, 2.24) is 4.98 Å². The highest BCUT2D eigenvalue weighted by atomic mass is 19.1. The summed E-state index contributed by atoms with van der Waals surface area (Å²) in [5, 5.41) is 0. The number of pyridine rings is 1. The fourth-order valence-electron chi connectivity index (χ4n) is 1.05. The van der Waals surface area contributed by atoms with E-state index in [1.165, 1.54) is 18.3 Å². The topological polar surface area (TPSA) is 42.3 Å². The smallest absolute Gasteiger partial charge is 0.235 e. The van der Waals surface area contributed by atoms with Gasteiger partial charge in [-0.1, -0.05) is 0 Å². The standard InChI is InChI=1S/C9H9FN2O/c1-9(2,12-6-13)7-3-4-11-5-8(7)10/h3-5H,1-2H3. The van der Waals surface area contributed by atoms with Gasteiger partial charge >= 0.3 is 0 Å². The molecule has 0 spiro atoms. The Balaban J connectivity index is 3.21. The second kappa shape index (κ2) is 3.46. The molecule has 3 nitrogen and oxygen atoms in total. The normalized spacial score (nSPS) is 10.7. The summed E-state index contributed by atoms with van der Waals surface area (Å²) in [6.07, 6.45) is 3.98. The molecule has 0 aliphatic rings. The van der Waals surface area contributed by atoms with Crippen LogP contribution in [-0.4, -0.2) is 11.1 Å². The number of aliphatic imine (C=N–C) groups is 1. The quantitative estimate of drug-likeness (QED) is 0.514. The molecule has 0 saturated heterocycles. The summed E-state index contributed by atoms with van der Waals surface area (Å²) >= 11 is 0. The van der Waals surface area contributed by atoms with Crippen LogP contribution in [0.25, 0.3) is 0 Å². The Kier molecular flexibility index (Phi) is 2.54. The summed E-state index contributed by atoms with van der Waals surface area (Å²) in [6.45, 7) is 3.27. The molecule has 1 heterocycles. The molecule has 0 aromatic carbocycles. The summed E-state index contributed by atoms with van der Waals surface area (Å²) in [5.74, 6) is -0.466. The van der Waals surface area contributed by atoms with Crippen LogP contribution in [-0.2, 0) is 10.3 Å². The van der Waals surface area contributed by atoms with Crippen molar-refractivity contribution in [3.05, 3.63) is 29.8 Å². The average Bonchev–Trinajstić information content (AvgIpc) is 2.04. The maximum Gasteiger partial charge on any atom is 0.235 e. The number of aromatic nitrogens is 1. The zero-order chi connectivity index (χ0) is 9.90. The molecule has 0 saturated carbocycles. The van der Waals surface area contributed by atoms with E-state index in [0.29, 0.717) is 5.56 Å². The maximum absolute atomic E-state index is 13.2. The number of hydrogen-bond donors (Lipinski definition) is 0. The van der Waals surface area contributed by atoms with Crippen LogP contribution in [0.4, 0.5) is 4.39 Å². The molecule has 4 heteroatoms. The van der Waals surface area contributed by atoms with Crippen molar-refractivity contribution in [2.45, 2.75) is 19.4 Å². The third kappa shape index (κ3) is 1.98. The zero-order valence-electron chi connectivity index (χ0n) is 7.41. The molecule has 0 aliphatic carbocycles. The lowest BCUT2D eigenvalue weighted by molar-refractivity contribution is 0.489. The predicted octanol–water partition coefficient (Wildman–Crippen LogP) is 1.79. The van der Waals surface area contributed by atoms with E-state index in [0.717, 1.165) is 6.20 Å². The van der Waals surface area contributed by atoms with Gasteiger partial charge in [0.15, 0.2) is 0 Å². The van der Waals surface area contributed by atoms with E-state index in [2.05, 4.69) is 9.98 Å². The van der Waals surface area contributed by atoms with Gasteiger partial charge in [-0.05, 0) is 19.9 Å². The molecule has 0 radical (unpaired) electrons. The Hall–Kier alpha value is -1.54. The van der Waals surface area contributed by atoms with Gasteiger partial charge in [0, 0.05) is 11.8 Å². The molecule has 0 amide bonds. The molecule has 1 rings (SSSR count). The fourth-order valence-corrected chi connectivity index (χ4v) is 1.05. The maximum atomic E-state index is 13.2. The van der Waals surface area contributed by atoms with E-state index in [4.69, 9.17) is 0 Å². The molecule has 1 aromatic rings. The summed E-state index contributed by atoms with van der Waals surface area (Å²) in [5.41, 5.74) is -0.541. The van der Waals surface area contributed by atoms with E-state index in [-0.39, 0.29) is 0 Å². The van der Waals surface area contributed by atoms with Crippen molar-refractivity contribution in [2.24, 2.45) is 4.99 Å². The van der Waals surface area contributed by atoms with Crippen LogP contribution >= 0.6 is 0 Å². The number of isocyanates is 1. The largest absolute Gasteiger partial charge is 0.262 e. The molecule has 0 fully saturated rings. The Morgan fingerprint density at radius 3 is 2.85 bits per heavy atom. The van der Waals surface area contributed by atoms with Crippen LogP contribution in [0.1, 0.15) is 19.4 Å². The van der Waals surface area contributed by atoms with Crippen molar-refractivity contribution in [3.63, 3.8) is 0 Å². The van der Waals surface area contributed by atoms with Gasteiger partial charge in [0.25, 0.3) is 0 Å². The first kappa shape index (κ1) is 9.55. The highest BCUT2D eigenvalue weighted by Crippen LogP contribution is 2.25. The first-order valence-corrected chi connectivity index (χ1v) is 3.77. The van der Waals surface area contributed by atoms with Crippen LogP contribution in [0, 0.1) is 5.82 Å². The first-order chi connectivity index (χ1) is 6.08. The molecular formula is C9H9FN2O. The minimum absolute atomic E-state index is 0.339. The molecule has 1 aromatic heterocycles. The Morgan fingerprint density at radius 1 is 1.62 bits per heavy atom. The molecule has 68 valence electrons. The first-order valence-electron chi connectivity index (χ1n) is 3.77. The van der Waals surface area contributed by atoms with Crippen molar-refractivity contribution < 1.29 is 9.18 Å². The van der Waals surface area contributed by atoms with E-state index in [1.54, 1.807) is 13.8 Å². The van der Waals surface area contributed by atoms with Gasteiger partial charge in [-0.25, -0.2) is 9.18 Å². The number of rotatable bonds is 2. The van der Waals surface area contributed by atoms with Gasteiger partial charge in [0.2, 0.25) is 6.08 Å². The van der Waals surface area contributed by atoms with Gasteiger partial charge in [-0.15, -0.1) is 0 Å². The van der Waals surface area contributed by atoms with Crippen LogP contribution in [0.3, 0.4) is 0 Å². The van der Waals surface area contributed by atoms with E-state index in [1.807, 2.05) is 0 Å². The molecule has 0 bridgehead atoms. The van der Waals surface area contributed by atoms with Crippen molar-refractivity contribution in [1.29, 1.82) is 0 Å². The number of hydrogen-bond acceptors (Lipinski definition) is 3. The minimum Gasteiger partial charge on any atom is -0.262 e. The second-order valence-electron chi connectivity index (χ2n) is 3.12. The minimum atomic E-state index is -0.880. The molecule has 0 unspecified atom stereocenters. The average molecular weight is 180 g/mol. The van der Waals surface area contributed by atoms with E-state index >= 15 is 0 Å². The number of carbonyl (C=O) groups excluding carboxylic acids is 1. The Morgan fingerprint density at radius 2 is 2.31 bits per heavy atom. The monoisotopic (exact) mass is 180 g/mol. The van der Waals surface area contributed by atoms with Crippen LogP contribution < -0.4 is 0 Å². The highest BCUT2D eigenvalue weighted by Gasteiger charge is 2.22. The predicted molar refractivity (Wildman–Crippen MR) is 45.3 cm³/mol. The van der Waals surface area contributed by atoms with Gasteiger partial charge in [-0.2, -0.15) is 4.99 Å². The summed E-state index contributed by atoms with van der Waals surface area (Å²) in [6, 6.07) is 1.50. The SMILES string of the molecule is CC(C)(N=C=O)c1ccncc1F. The highest BCUT2D eigenvalue weighted by molar-refractivity contribution is 5.37. The van der Waals surface area contributed by atoms with Crippen LogP contribution in [0.5, 0.6) is 0 Å². The lowest BCUT2D eigenvalue weighted by atomic mass is 9.96. The Bertz CT molecular complexity index is 356. The third-order valence-electron chi connectivity index (χ3n) is 1.76. The van der Waals surface area contributed by atoms with Gasteiger partial charge < -0.3 is 0 Å². The molecule has 0 N–H and O–H groups in total. The molecule has 13 heavy (non-hydrogen) atoms. The van der Waals surface area contributed by atoms with Crippen molar-refractivity contribution >= 4 is 6.08 Å². The van der Waals surface area contributed by atoms with Crippen molar-refractivity contribution in [3.8, 4) is 0 Å². The van der Waals surface area contributed by atoms with Crippen LogP contribution in [0.2, 0.25) is 0 Å². The zero-order valence-corrected chi connectivity index (χ0v) is 7.41. The lowest BCUT2D eigenvalue weighted by Crippen LogP contribution is -2.15. The van der Waals surface area contributed by atoms with Gasteiger partial charge in [0.05, 0.1) is 11.7 Å². The number of nitrogens with zero attached hydrogens (tertiary/aromatic N) is 2. The molecule has 0 atom stereocenters. The molecule has 0 aliphatic heterocycles. The summed E-state index contributed by atoms with van der Waals surface area (Å²) < 4.78 is 13.2. The Labute approximate surface area is 75.3 Å². The fraction of sp³-hybridized carbons (Fsp3) is 0.333. The summed E-state index contributed by atoms with van der Waals surface area (Å²) in [7, 11) is 0. The van der Waals surface area contributed by atoms with Crippen molar-refractivity contribution in [2.75, 3.05) is 0 Å². The second-order valence-corrected chi connectivity index (χ2v) is 3.12. The lowest BCUT2D eigenvalue weighted by Gasteiger charge is -2.17. The van der Waals surface area contributed by atoms with E-state index < -0.39 is 11.4 Å². The molecular weight excluding hydrogens is 171 g/mol.